The Morgan fingerprint density at radius 1 is 1.02 bits per heavy atom. The van der Waals surface area contributed by atoms with Crippen molar-refractivity contribution in [2.75, 3.05) is 19.6 Å². The maximum Gasteiger partial charge on any atom is 0.410 e. The van der Waals surface area contributed by atoms with Crippen LogP contribution in [0.15, 0.2) is 83.3 Å². The fourth-order valence-corrected chi connectivity index (χ4v) is 5.21. The summed E-state index contributed by atoms with van der Waals surface area (Å²) in [6, 6.07) is 21.9. The van der Waals surface area contributed by atoms with Crippen LogP contribution < -0.4 is 11.1 Å². The summed E-state index contributed by atoms with van der Waals surface area (Å²) in [6.45, 7) is 0.507. The summed E-state index contributed by atoms with van der Waals surface area (Å²) in [5, 5.41) is 11.9. The molecule has 0 spiro atoms. The first-order chi connectivity index (χ1) is 20.9. The van der Waals surface area contributed by atoms with Crippen molar-refractivity contribution in [2.24, 2.45) is 12.8 Å². The first-order valence-electron chi connectivity index (χ1n) is 13.9. The summed E-state index contributed by atoms with van der Waals surface area (Å²) in [5.74, 6) is -0.602. The van der Waals surface area contributed by atoms with Crippen LogP contribution in [0.5, 0.6) is 0 Å². The third-order valence-corrected chi connectivity index (χ3v) is 7.59. The molecule has 0 bridgehead atoms. The van der Waals surface area contributed by atoms with E-state index in [-0.39, 0.29) is 32.8 Å². The van der Waals surface area contributed by atoms with Crippen molar-refractivity contribution in [3.8, 4) is 0 Å². The molecule has 5 aromatic rings. The van der Waals surface area contributed by atoms with Gasteiger partial charge >= 0.3 is 6.09 Å². The molecular weight excluding hydrogens is 550 g/mol. The van der Waals surface area contributed by atoms with E-state index in [1.807, 2.05) is 66.7 Å². The minimum absolute atomic E-state index is 0.0543. The smallest absolute Gasteiger partial charge is 0.410 e. The van der Waals surface area contributed by atoms with Crippen LogP contribution in [0.3, 0.4) is 0 Å². The topological polar surface area (TPSA) is 149 Å². The Morgan fingerprint density at radius 3 is 2.63 bits per heavy atom. The number of rotatable bonds is 7. The molecule has 0 radical (unpaired) electrons. The summed E-state index contributed by atoms with van der Waals surface area (Å²) in [7, 11) is 1.80. The number of carbonyl (C=O) groups is 3. The number of nitrogens with zero attached hydrogens (tertiary/aromatic N) is 5. The van der Waals surface area contributed by atoms with E-state index in [1.54, 1.807) is 23.9 Å². The molecule has 2 aromatic heterocycles. The predicted molar refractivity (Wildman–Crippen MR) is 157 cm³/mol. The Balaban J connectivity index is 1.19. The lowest BCUT2D eigenvalue weighted by Gasteiger charge is -2.40. The van der Waals surface area contributed by atoms with Crippen molar-refractivity contribution in [1.82, 2.24) is 30.1 Å². The second-order valence-electron chi connectivity index (χ2n) is 10.5. The van der Waals surface area contributed by atoms with Crippen LogP contribution in [0.25, 0.3) is 22.0 Å². The fourth-order valence-electron chi connectivity index (χ4n) is 5.21. The van der Waals surface area contributed by atoms with Crippen LogP contribution in [-0.4, -0.2) is 68.4 Å². The molecular formula is C31H31N7O5. The van der Waals surface area contributed by atoms with Gasteiger partial charge in [-0.2, -0.15) is 0 Å². The van der Waals surface area contributed by atoms with Crippen LogP contribution in [0.1, 0.15) is 22.9 Å². The maximum atomic E-state index is 13.7. The molecule has 220 valence electrons. The number of carbonyl (C=O) groups excluding carboxylic acids is 3. The zero-order chi connectivity index (χ0) is 29.9. The van der Waals surface area contributed by atoms with E-state index in [0.29, 0.717) is 16.9 Å². The van der Waals surface area contributed by atoms with E-state index < -0.39 is 30.0 Å². The maximum absolute atomic E-state index is 13.7. The molecule has 1 fully saturated rings. The quantitative estimate of drug-likeness (QED) is 0.298. The number of piperazine rings is 1. The van der Waals surface area contributed by atoms with Crippen molar-refractivity contribution in [3.05, 3.63) is 95.7 Å². The zero-order valence-corrected chi connectivity index (χ0v) is 23.6. The van der Waals surface area contributed by atoms with Gasteiger partial charge in [-0.25, -0.2) is 9.48 Å². The first kappa shape index (κ1) is 27.9. The van der Waals surface area contributed by atoms with Crippen LogP contribution in [0.2, 0.25) is 0 Å². The highest BCUT2D eigenvalue weighted by Crippen LogP contribution is 2.25. The molecule has 3 heterocycles. The largest absolute Gasteiger partial charge is 0.459 e. The molecule has 6 rings (SSSR count). The van der Waals surface area contributed by atoms with Crippen molar-refractivity contribution in [2.45, 2.75) is 25.2 Å². The van der Waals surface area contributed by atoms with E-state index >= 15 is 0 Å². The fraction of sp³-hybridized carbons (Fsp3) is 0.258. The number of furan rings is 1. The highest BCUT2D eigenvalue weighted by Gasteiger charge is 2.40. The van der Waals surface area contributed by atoms with Crippen molar-refractivity contribution < 1.29 is 23.5 Å². The molecule has 0 saturated carbocycles. The Labute approximate surface area is 247 Å². The third kappa shape index (κ3) is 5.90. The Morgan fingerprint density at radius 2 is 1.81 bits per heavy atom. The molecule has 12 heteroatoms. The number of benzene rings is 3. The summed E-state index contributed by atoms with van der Waals surface area (Å²) in [4.78, 5) is 43.2. The van der Waals surface area contributed by atoms with E-state index in [1.165, 1.54) is 9.80 Å². The van der Waals surface area contributed by atoms with Crippen molar-refractivity contribution in [3.63, 3.8) is 0 Å². The molecule has 0 aliphatic carbocycles. The number of hydrogen-bond donors (Lipinski definition) is 2. The summed E-state index contributed by atoms with van der Waals surface area (Å²) in [5.41, 5.74) is 10.2. The van der Waals surface area contributed by atoms with Crippen LogP contribution >= 0.6 is 0 Å². The highest BCUT2D eigenvalue weighted by molar-refractivity contribution is 5.92. The van der Waals surface area contributed by atoms with Gasteiger partial charge in [-0.15, -0.1) is 5.10 Å². The molecule has 1 aliphatic heterocycles. The summed E-state index contributed by atoms with van der Waals surface area (Å²) < 4.78 is 13.0. The average Bonchev–Trinajstić information content (AvgIpc) is 3.65. The molecule has 1 aliphatic rings. The third-order valence-electron chi connectivity index (χ3n) is 7.59. The second-order valence-corrected chi connectivity index (χ2v) is 10.5. The highest BCUT2D eigenvalue weighted by atomic mass is 16.6. The Bertz CT molecular complexity index is 1750. The number of hydrogen-bond acceptors (Lipinski definition) is 8. The van der Waals surface area contributed by atoms with Gasteiger partial charge in [0.25, 0.3) is 0 Å². The van der Waals surface area contributed by atoms with Gasteiger partial charge in [0.15, 0.2) is 0 Å². The minimum atomic E-state index is -1.13. The summed E-state index contributed by atoms with van der Waals surface area (Å²) >= 11 is 0. The lowest BCUT2D eigenvalue weighted by Crippen LogP contribution is -2.62. The number of nitrogens with one attached hydrogen (secondary N) is 1. The van der Waals surface area contributed by atoms with Gasteiger partial charge in [-0.05, 0) is 35.4 Å². The molecule has 3 amide bonds. The van der Waals surface area contributed by atoms with Crippen molar-refractivity contribution in [1.29, 1.82) is 0 Å². The first-order valence-corrected chi connectivity index (χ1v) is 13.9. The molecule has 2 atom stereocenters. The number of fused-ring (bicyclic) bond motifs is 2. The SMILES string of the molecule is Cn1nnc2cc(CNC(=O)C3CN(C(=O)OCc4ccccc4)CCN3C(=O)C(N)c3cc4ccccc4o3)ccc21. The van der Waals surface area contributed by atoms with Gasteiger partial charge in [-0.1, -0.05) is 59.8 Å². The van der Waals surface area contributed by atoms with E-state index in [0.717, 1.165) is 22.0 Å². The van der Waals surface area contributed by atoms with E-state index in [2.05, 4.69) is 15.6 Å². The summed E-state index contributed by atoms with van der Waals surface area (Å²) in [6.07, 6.45) is -0.566. The monoisotopic (exact) mass is 581 g/mol. The van der Waals surface area contributed by atoms with E-state index in [9.17, 15) is 14.4 Å². The van der Waals surface area contributed by atoms with Gasteiger partial charge in [0.2, 0.25) is 11.8 Å². The molecule has 43 heavy (non-hydrogen) atoms. The molecule has 3 N–H and O–H groups in total. The average molecular weight is 582 g/mol. The van der Waals surface area contributed by atoms with Gasteiger partial charge in [0.05, 0.1) is 12.1 Å². The van der Waals surface area contributed by atoms with Crippen molar-refractivity contribution >= 4 is 39.9 Å². The van der Waals surface area contributed by atoms with Crippen LogP contribution in [0.4, 0.5) is 4.79 Å². The predicted octanol–water partition coefficient (Wildman–Crippen LogP) is 2.88. The number of aromatic nitrogens is 3. The number of para-hydroxylation sites is 1. The zero-order valence-electron chi connectivity index (χ0n) is 23.6. The van der Waals surface area contributed by atoms with Crippen LogP contribution in [0, 0.1) is 0 Å². The number of aryl methyl sites for hydroxylation is 1. The molecule has 2 unspecified atom stereocenters. The van der Waals surface area contributed by atoms with Crippen LogP contribution in [-0.2, 0) is 34.5 Å². The van der Waals surface area contributed by atoms with E-state index in [4.69, 9.17) is 14.9 Å². The molecule has 3 aromatic carbocycles. The Kier molecular flexibility index (Phi) is 7.75. The van der Waals surface area contributed by atoms with Gasteiger partial charge in [0.1, 0.15) is 35.6 Å². The number of ether oxygens (including phenoxy) is 1. The van der Waals surface area contributed by atoms with Gasteiger partial charge in [-0.3, -0.25) is 9.59 Å². The molecule has 1 saturated heterocycles. The lowest BCUT2D eigenvalue weighted by atomic mass is 10.1. The number of amides is 3. The standard InChI is InChI=1S/C31H31N7O5/c1-36-24-12-11-21(15-23(24)34-35-36)17-33-29(39)25-18-37(31(41)42-19-20-7-3-2-4-8-20)13-14-38(25)30(40)28(32)27-16-22-9-5-6-10-26(22)43-27/h2-12,15-16,25,28H,13-14,17-19,32H2,1H3,(H,33,39). The normalized spacial score (nSPS) is 15.9. The second kappa shape index (κ2) is 11.9. The lowest BCUT2D eigenvalue weighted by molar-refractivity contribution is -0.145. The van der Waals surface area contributed by atoms with Gasteiger partial charge in [0, 0.05) is 32.1 Å². The minimum Gasteiger partial charge on any atom is -0.459 e. The molecule has 12 nitrogen and oxygen atoms in total. The van der Waals surface area contributed by atoms with Gasteiger partial charge < -0.3 is 30.0 Å². The Hall–Kier alpha value is -5.23. The number of nitrogens with two attached hydrogens (primary N) is 1.